The number of ether oxygens (including phenoxy) is 1. The standard InChI is InChI=1S/C16H23NO3/c1-12-5-4-7-14(9-12)20-11-16(19)17-10-13-6-2-3-8-15(13)18/h4-5,7,9,13,15,18H,2-3,6,8,10-11H2,1H3,(H,17,19). The van der Waals surface area contributed by atoms with Crippen LogP contribution < -0.4 is 10.1 Å². The first-order valence-electron chi connectivity index (χ1n) is 7.29. The Kier molecular flexibility index (Phi) is 5.41. The number of rotatable bonds is 5. The average Bonchev–Trinajstić information content (AvgIpc) is 2.44. The summed E-state index contributed by atoms with van der Waals surface area (Å²) in [5.41, 5.74) is 1.10. The molecule has 1 fully saturated rings. The Morgan fingerprint density at radius 2 is 2.20 bits per heavy atom. The molecule has 1 aromatic carbocycles. The topological polar surface area (TPSA) is 58.6 Å². The number of aliphatic hydroxyl groups is 1. The summed E-state index contributed by atoms with van der Waals surface area (Å²) in [5, 5.41) is 12.7. The Balaban J connectivity index is 1.70. The van der Waals surface area contributed by atoms with Gasteiger partial charge in [0.1, 0.15) is 5.75 Å². The van der Waals surface area contributed by atoms with E-state index in [4.69, 9.17) is 4.74 Å². The molecule has 2 N–H and O–H groups in total. The highest BCUT2D eigenvalue weighted by atomic mass is 16.5. The molecule has 2 unspecified atom stereocenters. The van der Waals surface area contributed by atoms with Gasteiger partial charge in [-0.25, -0.2) is 0 Å². The largest absolute Gasteiger partial charge is 0.484 e. The van der Waals surface area contributed by atoms with E-state index in [0.29, 0.717) is 12.3 Å². The Morgan fingerprint density at radius 3 is 2.95 bits per heavy atom. The lowest BCUT2D eigenvalue weighted by atomic mass is 9.86. The third-order valence-electron chi connectivity index (χ3n) is 3.79. The van der Waals surface area contributed by atoms with Crippen molar-refractivity contribution in [2.45, 2.75) is 38.7 Å². The molecule has 2 rings (SSSR count). The molecule has 1 aromatic rings. The van der Waals surface area contributed by atoms with Crippen LogP contribution in [0.2, 0.25) is 0 Å². The minimum atomic E-state index is -0.276. The number of amides is 1. The van der Waals surface area contributed by atoms with Gasteiger partial charge in [-0.05, 0) is 37.5 Å². The van der Waals surface area contributed by atoms with Gasteiger partial charge < -0.3 is 15.2 Å². The van der Waals surface area contributed by atoms with Crippen LogP contribution in [-0.2, 0) is 4.79 Å². The Labute approximate surface area is 120 Å². The zero-order chi connectivity index (χ0) is 14.4. The van der Waals surface area contributed by atoms with E-state index in [9.17, 15) is 9.90 Å². The third-order valence-corrected chi connectivity index (χ3v) is 3.79. The fraction of sp³-hybridized carbons (Fsp3) is 0.562. The molecule has 1 aliphatic carbocycles. The summed E-state index contributed by atoms with van der Waals surface area (Å²) >= 11 is 0. The first kappa shape index (κ1) is 14.9. The second-order valence-electron chi connectivity index (χ2n) is 5.52. The van der Waals surface area contributed by atoms with Crippen LogP contribution in [0.3, 0.4) is 0 Å². The van der Waals surface area contributed by atoms with Crippen molar-refractivity contribution in [3.63, 3.8) is 0 Å². The quantitative estimate of drug-likeness (QED) is 0.866. The van der Waals surface area contributed by atoms with E-state index in [0.717, 1.165) is 31.2 Å². The van der Waals surface area contributed by atoms with Gasteiger partial charge >= 0.3 is 0 Å². The minimum Gasteiger partial charge on any atom is -0.484 e. The van der Waals surface area contributed by atoms with Crippen LogP contribution in [-0.4, -0.2) is 30.3 Å². The zero-order valence-electron chi connectivity index (χ0n) is 12.0. The predicted molar refractivity (Wildman–Crippen MR) is 77.6 cm³/mol. The van der Waals surface area contributed by atoms with Crippen molar-refractivity contribution < 1.29 is 14.6 Å². The molecule has 1 aliphatic rings. The molecule has 20 heavy (non-hydrogen) atoms. The molecular weight excluding hydrogens is 254 g/mol. The summed E-state index contributed by atoms with van der Waals surface area (Å²) in [4.78, 5) is 11.7. The Hall–Kier alpha value is -1.55. The van der Waals surface area contributed by atoms with Crippen molar-refractivity contribution in [1.29, 1.82) is 0 Å². The second-order valence-corrected chi connectivity index (χ2v) is 5.52. The molecule has 0 bridgehead atoms. The van der Waals surface area contributed by atoms with Crippen molar-refractivity contribution in [2.24, 2.45) is 5.92 Å². The van der Waals surface area contributed by atoms with E-state index in [1.165, 1.54) is 0 Å². The Morgan fingerprint density at radius 1 is 1.40 bits per heavy atom. The number of hydrogen-bond donors (Lipinski definition) is 2. The SMILES string of the molecule is Cc1cccc(OCC(=O)NCC2CCCCC2O)c1. The van der Waals surface area contributed by atoms with Crippen LogP contribution in [0.1, 0.15) is 31.2 Å². The third kappa shape index (κ3) is 4.53. The molecule has 0 aromatic heterocycles. The molecule has 0 radical (unpaired) electrons. The van der Waals surface area contributed by atoms with Gasteiger partial charge in [0, 0.05) is 12.5 Å². The van der Waals surface area contributed by atoms with E-state index in [1.807, 2.05) is 31.2 Å². The lowest BCUT2D eigenvalue weighted by molar-refractivity contribution is -0.123. The van der Waals surface area contributed by atoms with Crippen LogP contribution in [0.15, 0.2) is 24.3 Å². The number of carbonyl (C=O) groups excluding carboxylic acids is 1. The number of aliphatic hydroxyl groups excluding tert-OH is 1. The smallest absolute Gasteiger partial charge is 0.257 e. The predicted octanol–water partition coefficient (Wildman–Crippen LogP) is 2.04. The first-order chi connectivity index (χ1) is 9.65. The van der Waals surface area contributed by atoms with Crippen molar-refractivity contribution in [1.82, 2.24) is 5.32 Å². The fourth-order valence-corrected chi connectivity index (χ4v) is 2.58. The Bertz CT molecular complexity index is 447. The minimum absolute atomic E-state index is 0.0201. The van der Waals surface area contributed by atoms with E-state index in [-0.39, 0.29) is 24.5 Å². The monoisotopic (exact) mass is 277 g/mol. The number of carbonyl (C=O) groups is 1. The second kappa shape index (κ2) is 7.29. The van der Waals surface area contributed by atoms with Crippen LogP contribution >= 0.6 is 0 Å². The van der Waals surface area contributed by atoms with Crippen LogP contribution in [0.5, 0.6) is 5.75 Å². The highest BCUT2D eigenvalue weighted by Crippen LogP contribution is 2.23. The van der Waals surface area contributed by atoms with Gasteiger partial charge in [-0.1, -0.05) is 25.0 Å². The molecule has 2 atom stereocenters. The summed E-state index contributed by atoms with van der Waals surface area (Å²) in [6.07, 6.45) is 3.78. The average molecular weight is 277 g/mol. The molecule has 1 amide bonds. The van der Waals surface area contributed by atoms with Crippen LogP contribution in [0, 0.1) is 12.8 Å². The van der Waals surface area contributed by atoms with Crippen molar-refractivity contribution in [3.8, 4) is 5.75 Å². The van der Waals surface area contributed by atoms with Gasteiger partial charge in [0.15, 0.2) is 6.61 Å². The van der Waals surface area contributed by atoms with Gasteiger partial charge in [0.25, 0.3) is 5.91 Å². The van der Waals surface area contributed by atoms with Crippen molar-refractivity contribution in [2.75, 3.05) is 13.2 Å². The van der Waals surface area contributed by atoms with Crippen LogP contribution in [0.4, 0.5) is 0 Å². The number of benzene rings is 1. The van der Waals surface area contributed by atoms with Gasteiger partial charge in [0.2, 0.25) is 0 Å². The normalized spacial score (nSPS) is 22.3. The maximum absolute atomic E-state index is 11.7. The molecule has 1 saturated carbocycles. The molecule has 4 nitrogen and oxygen atoms in total. The highest BCUT2D eigenvalue weighted by Gasteiger charge is 2.23. The van der Waals surface area contributed by atoms with E-state index < -0.39 is 0 Å². The maximum Gasteiger partial charge on any atom is 0.257 e. The molecule has 0 aliphatic heterocycles. The lowest BCUT2D eigenvalue weighted by Gasteiger charge is -2.27. The summed E-state index contributed by atoms with van der Waals surface area (Å²) < 4.78 is 5.44. The van der Waals surface area contributed by atoms with E-state index in [1.54, 1.807) is 0 Å². The fourth-order valence-electron chi connectivity index (χ4n) is 2.58. The van der Waals surface area contributed by atoms with Gasteiger partial charge in [-0.15, -0.1) is 0 Å². The number of nitrogens with one attached hydrogen (secondary N) is 1. The molecular formula is C16H23NO3. The molecule has 4 heteroatoms. The van der Waals surface area contributed by atoms with Crippen LogP contribution in [0.25, 0.3) is 0 Å². The lowest BCUT2D eigenvalue weighted by Crippen LogP contribution is -2.38. The molecule has 0 saturated heterocycles. The number of hydrogen-bond acceptors (Lipinski definition) is 3. The summed E-state index contributed by atoms with van der Waals surface area (Å²) in [6, 6.07) is 7.63. The van der Waals surface area contributed by atoms with Crippen molar-refractivity contribution in [3.05, 3.63) is 29.8 Å². The van der Waals surface area contributed by atoms with Gasteiger partial charge in [0.05, 0.1) is 6.10 Å². The molecule has 110 valence electrons. The first-order valence-corrected chi connectivity index (χ1v) is 7.29. The summed E-state index contributed by atoms with van der Waals surface area (Å²) in [7, 11) is 0. The summed E-state index contributed by atoms with van der Waals surface area (Å²) in [5.74, 6) is 0.758. The number of aryl methyl sites for hydroxylation is 1. The maximum atomic E-state index is 11.7. The van der Waals surface area contributed by atoms with Gasteiger partial charge in [-0.2, -0.15) is 0 Å². The summed E-state index contributed by atoms with van der Waals surface area (Å²) in [6.45, 7) is 2.54. The van der Waals surface area contributed by atoms with E-state index >= 15 is 0 Å². The highest BCUT2D eigenvalue weighted by molar-refractivity contribution is 5.77. The molecule has 0 spiro atoms. The van der Waals surface area contributed by atoms with Gasteiger partial charge in [-0.3, -0.25) is 4.79 Å². The zero-order valence-corrected chi connectivity index (χ0v) is 12.0. The molecule has 0 heterocycles. The van der Waals surface area contributed by atoms with E-state index in [2.05, 4.69) is 5.32 Å². The van der Waals surface area contributed by atoms with Crippen molar-refractivity contribution >= 4 is 5.91 Å².